The fourth-order valence-corrected chi connectivity index (χ4v) is 4.26. The van der Waals surface area contributed by atoms with Crippen molar-refractivity contribution in [2.45, 2.75) is 25.0 Å². The molecule has 154 valence electrons. The number of nitrogens with one attached hydrogen (secondary N) is 1. The largest absolute Gasteiger partial charge is 0.329 e. The maximum Gasteiger partial charge on any atom is 0.324 e. The Kier molecular flexibility index (Phi) is 5.85. The molecule has 1 N–H and O–H groups in total. The fraction of sp³-hybridized carbons (Fsp3) is 0.273. The molecule has 8 heteroatoms. The third-order valence-corrected chi connectivity index (χ3v) is 6.04. The minimum Gasteiger partial charge on any atom is -0.329 e. The minimum absolute atomic E-state index is 0.0638. The van der Waals surface area contributed by atoms with Gasteiger partial charge < -0.3 is 5.32 Å². The predicted octanol–water partition coefficient (Wildman–Crippen LogP) is 2.79. The lowest BCUT2D eigenvalue weighted by atomic mass is 10.1. The van der Waals surface area contributed by atoms with Crippen molar-refractivity contribution >= 4 is 34.6 Å². The topological polar surface area (TPSA) is 84.3 Å². The maximum atomic E-state index is 13.2. The first-order valence-corrected chi connectivity index (χ1v) is 10.8. The van der Waals surface area contributed by atoms with Gasteiger partial charge in [0.15, 0.2) is 5.16 Å². The van der Waals surface area contributed by atoms with Crippen LogP contribution in [0.25, 0.3) is 10.9 Å². The number of amides is 3. The Hall–Kier alpha value is -3.13. The van der Waals surface area contributed by atoms with Crippen LogP contribution in [0.3, 0.4) is 0 Å². The van der Waals surface area contributed by atoms with Crippen LogP contribution >= 0.6 is 11.8 Å². The summed E-state index contributed by atoms with van der Waals surface area (Å²) in [5.74, 6) is 0.431. The van der Waals surface area contributed by atoms with E-state index >= 15 is 0 Å². The van der Waals surface area contributed by atoms with Crippen molar-refractivity contribution in [3.05, 3.63) is 70.0 Å². The van der Waals surface area contributed by atoms with E-state index in [9.17, 15) is 14.4 Å². The second kappa shape index (κ2) is 8.71. The Morgan fingerprint density at radius 3 is 2.57 bits per heavy atom. The number of hydrogen-bond donors (Lipinski definition) is 1. The number of urea groups is 1. The number of aromatic nitrogens is 2. The highest BCUT2D eigenvalue weighted by Gasteiger charge is 2.27. The SMILES string of the molecule is Cc1ccc(Cn2c(SCCCN3C(=O)CNC3=O)nc3ccccc3c2=O)cc1. The zero-order valence-corrected chi connectivity index (χ0v) is 17.4. The van der Waals surface area contributed by atoms with Gasteiger partial charge in [-0.2, -0.15) is 0 Å². The van der Waals surface area contributed by atoms with Crippen LogP contribution in [0.4, 0.5) is 4.79 Å². The minimum atomic E-state index is -0.342. The first kappa shape index (κ1) is 20.2. The molecule has 0 aliphatic carbocycles. The van der Waals surface area contributed by atoms with Gasteiger partial charge in [-0.3, -0.25) is 19.1 Å². The normalized spacial score (nSPS) is 13.8. The molecule has 1 saturated heterocycles. The van der Waals surface area contributed by atoms with Gasteiger partial charge in [0.05, 0.1) is 24.0 Å². The number of fused-ring (bicyclic) bond motifs is 1. The molecule has 0 saturated carbocycles. The molecule has 1 aromatic heterocycles. The summed E-state index contributed by atoms with van der Waals surface area (Å²) in [6.45, 7) is 2.88. The zero-order chi connectivity index (χ0) is 21.1. The molecule has 4 rings (SSSR count). The molecule has 0 spiro atoms. The quantitative estimate of drug-likeness (QED) is 0.274. The zero-order valence-electron chi connectivity index (χ0n) is 16.6. The number of para-hydroxylation sites is 1. The highest BCUT2D eigenvalue weighted by Crippen LogP contribution is 2.20. The molecule has 2 aromatic carbocycles. The Morgan fingerprint density at radius 1 is 1.07 bits per heavy atom. The van der Waals surface area contributed by atoms with Crippen LogP contribution in [0.15, 0.2) is 58.5 Å². The summed E-state index contributed by atoms with van der Waals surface area (Å²) in [6.07, 6.45) is 0.622. The molecule has 0 radical (unpaired) electrons. The van der Waals surface area contributed by atoms with Gasteiger partial charge in [-0.25, -0.2) is 9.78 Å². The summed E-state index contributed by atoms with van der Waals surface area (Å²) >= 11 is 1.47. The van der Waals surface area contributed by atoms with Crippen molar-refractivity contribution in [3.8, 4) is 0 Å². The van der Waals surface area contributed by atoms with Gasteiger partial charge in [0.1, 0.15) is 0 Å². The Bertz CT molecular complexity index is 1140. The average Bonchev–Trinajstić information content (AvgIpc) is 3.07. The molecule has 3 amide bonds. The number of thioether (sulfide) groups is 1. The number of carbonyl (C=O) groups is 2. The summed E-state index contributed by atoms with van der Waals surface area (Å²) < 4.78 is 1.70. The highest BCUT2D eigenvalue weighted by molar-refractivity contribution is 7.99. The van der Waals surface area contributed by atoms with Crippen LogP contribution in [0.5, 0.6) is 0 Å². The van der Waals surface area contributed by atoms with E-state index in [1.807, 2.05) is 49.4 Å². The summed E-state index contributed by atoms with van der Waals surface area (Å²) in [5.41, 5.74) is 2.79. The van der Waals surface area contributed by atoms with Crippen LogP contribution in [-0.2, 0) is 11.3 Å². The molecule has 3 aromatic rings. The van der Waals surface area contributed by atoms with Gasteiger partial charge in [0.2, 0.25) is 5.91 Å². The lowest BCUT2D eigenvalue weighted by molar-refractivity contribution is -0.124. The van der Waals surface area contributed by atoms with Crippen molar-refractivity contribution in [2.75, 3.05) is 18.8 Å². The third kappa shape index (κ3) is 4.23. The molecule has 0 unspecified atom stereocenters. The molecule has 7 nitrogen and oxygen atoms in total. The third-order valence-electron chi connectivity index (χ3n) is 4.98. The molecular weight excluding hydrogens is 400 g/mol. The van der Waals surface area contributed by atoms with Crippen LogP contribution < -0.4 is 10.9 Å². The first-order valence-electron chi connectivity index (χ1n) is 9.79. The van der Waals surface area contributed by atoms with Crippen LogP contribution in [-0.4, -0.2) is 45.2 Å². The monoisotopic (exact) mass is 422 g/mol. The van der Waals surface area contributed by atoms with Crippen molar-refractivity contribution in [3.63, 3.8) is 0 Å². The standard InChI is InChI=1S/C22H22N4O3S/c1-15-7-9-16(10-8-15)14-26-20(28)17-5-2-3-6-18(17)24-22(26)30-12-4-11-25-19(27)13-23-21(25)29/h2-3,5-10H,4,11-14H2,1H3,(H,23,29). The molecule has 1 fully saturated rings. The molecule has 2 heterocycles. The van der Waals surface area contributed by atoms with Gasteiger partial charge >= 0.3 is 6.03 Å². The van der Waals surface area contributed by atoms with Gasteiger partial charge in [-0.15, -0.1) is 0 Å². The van der Waals surface area contributed by atoms with Crippen molar-refractivity contribution in [2.24, 2.45) is 0 Å². The number of benzene rings is 2. The molecule has 0 bridgehead atoms. The fourth-order valence-electron chi connectivity index (χ4n) is 3.34. The van der Waals surface area contributed by atoms with Crippen LogP contribution in [0.2, 0.25) is 0 Å². The van der Waals surface area contributed by atoms with E-state index in [2.05, 4.69) is 5.32 Å². The summed E-state index contributed by atoms with van der Waals surface area (Å²) in [5, 5.41) is 3.75. The summed E-state index contributed by atoms with van der Waals surface area (Å²) in [6, 6.07) is 15.1. The lowest BCUT2D eigenvalue weighted by Gasteiger charge is -2.15. The van der Waals surface area contributed by atoms with Crippen molar-refractivity contribution in [1.29, 1.82) is 0 Å². The molecule has 1 aliphatic heterocycles. The van der Waals surface area contributed by atoms with E-state index in [4.69, 9.17) is 4.98 Å². The highest BCUT2D eigenvalue weighted by atomic mass is 32.2. The molecule has 1 aliphatic rings. The number of hydrogen-bond acceptors (Lipinski definition) is 5. The van der Waals surface area contributed by atoms with E-state index in [-0.39, 0.29) is 24.0 Å². The Labute approximate surface area is 178 Å². The summed E-state index contributed by atoms with van der Waals surface area (Å²) in [4.78, 5) is 42.4. The van der Waals surface area contributed by atoms with E-state index < -0.39 is 0 Å². The van der Waals surface area contributed by atoms with Gasteiger partial charge in [0.25, 0.3) is 5.56 Å². The van der Waals surface area contributed by atoms with Crippen molar-refractivity contribution < 1.29 is 9.59 Å². The predicted molar refractivity (Wildman–Crippen MR) is 117 cm³/mol. The molecular formula is C22H22N4O3S. The molecule has 30 heavy (non-hydrogen) atoms. The van der Waals surface area contributed by atoms with Gasteiger partial charge in [0, 0.05) is 12.3 Å². The van der Waals surface area contributed by atoms with Gasteiger partial charge in [-0.1, -0.05) is 53.7 Å². The number of rotatable bonds is 7. The average molecular weight is 423 g/mol. The maximum absolute atomic E-state index is 13.2. The second-order valence-corrected chi connectivity index (χ2v) is 8.26. The smallest absolute Gasteiger partial charge is 0.324 e. The van der Waals surface area contributed by atoms with Gasteiger partial charge in [-0.05, 0) is 31.0 Å². The lowest BCUT2D eigenvalue weighted by Crippen LogP contribution is -2.32. The number of carbonyl (C=O) groups excluding carboxylic acids is 2. The first-order chi connectivity index (χ1) is 14.5. The number of imide groups is 1. The summed E-state index contributed by atoms with van der Waals surface area (Å²) in [7, 11) is 0. The number of aryl methyl sites for hydroxylation is 1. The Morgan fingerprint density at radius 2 is 1.83 bits per heavy atom. The van der Waals surface area contributed by atoms with E-state index in [1.54, 1.807) is 10.6 Å². The molecule has 0 atom stereocenters. The Balaban J connectivity index is 1.55. The van der Waals surface area contributed by atoms with Crippen LogP contribution in [0, 0.1) is 6.92 Å². The van der Waals surface area contributed by atoms with E-state index in [1.165, 1.54) is 16.7 Å². The van der Waals surface area contributed by atoms with Crippen LogP contribution in [0.1, 0.15) is 17.5 Å². The van der Waals surface area contributed by atoms with E-state index in [0.29, 0.717) is 41.3 Å². The second-order valence-electron chi connectivity index (χ2n) is 7.19. The van der Waals surface area contributed by atoms with Crippen molar-refractivity contribution in [1.82, 2.24) is 19.8 Å². The van der Waals surface area contributed by atoms with E-state index in [0.717, 1.165) is 11.1 Å². The number of nitrogens with zero attached hydrogens (tertiary/aromatic N) is 3.